The lowest BCUT2D eigenvalue weighted by atomic mass is 10.2. The first kappa shape index (κ1) is 11.1. The Kier molecular flexibility index (Phi) is 2.50. The van der Waals surface area contributed by atoms with Crippen molar-refractivity contribution in [2.24, 2.45) is 0 Å². The van der Waals surface area contributed by atoms with Gasteiger partial charge in [0.2, 0.25) is 5.91 Å². The highest BCUT2D eigenvalue weighted by molar-refractivity contribution is 5.94. The van der Waals surface area contributed by atoms with E-state index in [1.54, 1.807) is 6.07 Å². The zero-order chi connectivity index (χ0) is 12.7. The molecule has 1 unspecified atom stereocenters. The molecule has 1 aliphatic heterocycles. The third-order valence-electron chi connectivity index (χ3n) is 3.36. The minimum Gasteiger partial charge on any atom is -0.397 e. The Morgan fingerprint density at radius 3 is 2.89 bits per heavy atom. The van der Waals surface area contributed by atoms with Crippen molar-refractivity contribution in [3.05, 3.63) is 18.0 Å². The quantitative estimate of drug-likeness (QED) is 0.704. The number of aromatic nitrogens is 1. The van der Waals surface area contributed by atoms with Crippen molar-refractivity contribution in [2.45, 2.75) is 31.3 Å². The molecule has 1 aliphatic carbocycles. The first-order valence-electron chi connectivity index (χ1n) is 6.18. The molecule has 1 aromatic heterocycles. The molecule has 4 N–H and O–H groups in total. The number of carbonyl (C=O) groups is 2. The van der Waals surface area contributed by atoms with E-state index in [-0.39, 0.29) is 17.9 Å². The van der Waals surface area contributed by atoms with Gasteiger partial charge >= 0.3 is 0 Å². The van der Waals surface area contributed by atoms with Crippen LogP contribution < -0.4 is 16.4 Å². The molecule has 96 valence electrons. The van der Waals surface area contributed by atoms with Crippen LogP contribution >= 0.6 is 0 Å². The molecule has 1 saturated carbocycles. The molecule has 6 nitrogen and oxygen atoms in total. The summed E-state index contributed by atoms with van der Waals surface area (Å²) in [7, 11) is 0. The molecule has 2 amide bonds. The van der Waals surface area contributed by atoms with Crippen LogP contribution in [-0.2, 0) is 4.79 Å². The average Bonchev–Trinajstić information content (AvgIpc) is 2.98. The number of carbonyl (C=O) groups excluding carboxylic acids is 2. The molecule has 1 saturated heterocycles. The van der Waals surface area contributed by atoms with E-state index in [2.05, 4.69) is 10.6 Å². The average molecular weight is 248 g/mol. The van der Waals surface area contributed by atoms with Gasteiger partial charge < -0.3 is 20.9 Å². The fourth-order valence-corrected chi connectivity index (χ4v) is 2.30. The SMILES string of the molecule is Nc1cc(C(=O)NC2CNC(=O)C2)n(C2CC2)c1. The molecule has 18 heavy (non-hydrogen) atoms. The number of hydrogen-bond acceptors (Lipinski definition) is 3. The Morgan fingerprint density at radius 1 is 1.50 bits per heavy atom. The predicted molar refractivity (Wildman–Crippen MR) is 66.0 cm³/mol. The standard InChI is InChI=1S/C12H16N4O2/c13-7-3-10(16(6-7)9-1-2-9)12(18)15-8-4-11(17)14-5-8/h3,6,8-9H,1-2,4-5,13H2,(H,14,17)(H,15,18). The van der Waals surface area contributed by atoms with Crippen molar-refractivity contribution < 1.29 is 9.59 Å². The second-order valence-corrected chi connectivity index (χ2v) is 4.98. The second kappa shape index (κ2) is 4.04. The van der Waals surface area contributed by atoms with Gasteiger partial charge in [-0.2, -0.15) is 0 Å². The van der Waals surface area contributed by atoms with Gasteiger partial charge in [0.15, 0.2) is 0 Å². The van der Waals surface area contributed by atoms with Crippen LogP contribution in [0, 0.1) is 0 Å². The molecule has 2 fully saturated rings. The fourth-order valence-electron chi connectivity index (χ4n) is 2.30. The van der Waals surface area contributed by atoms with Gasteiger partial charge in [0.25, 0.3) is 5.91 Å². The molecule has 2 aliphatic rings. The van der Waals surface area contributed by atoms with Crippen LogP contribution in [0.15, 0.2) is 12.3 Å². The smallest absolute Gasteiger partial charge is 0.268 e. The number of anilines is 1. The van der Waals surface area contributed by atoms with Gasteiger partial charge in [-0.25, -0.2) is 0 Å². The van der Waals surface area contributed by atoms with E-state index in [1.165, 1.54) is 0 Å². The summed E-state index contributed by atoms with van der Waals surface area (Å²) in [4.78, 5) is 23.2. The Labute approximate surface area is 105 Å². The third kappa shape index (κ3) is 2.05. The van der Waals surface area contributed by atoms with E-state index < -0.39 is 0 Å². The van der Waals surface area contributed by atoms with Crippen molar-refractivity contribution in [2.75, 3.05) is 12.3 Å². The van der Waals surface area contributed by atoms with Gasteiger partial charge in [0, 0.05) is 25.2 Å². The van der Waals surface area contributed by atoms with Crippen LogP contribution in [-0.4, -0.2) is 29.0 Å². The van der Waals surface area contributed by atoms with Gasteiger partial charge in [-0.1, -0.05) is 0 Å². The van der Waals surface area contributed by atoms with E-state index >= 15 is 0 Å². The molecule has 0 spiro atoms. The summed E-state index contributed by atoms with van der Waals surface area (Å²) in [5.41, 5.74) is 6.94. The predicted octanol–water partition coefficient (Wildman–Crippen LogP) is 0.0235. The van der Waals surface area contributed by atoms with E-state index in [9.17, 15) is 9.59 Å². The Bertz CT molecular complexity index is 504. The Morgan fingerprint density at radius 2 is 2.28 bits per heavy atom. The summed E-state index contributed by atoms with van der Waals surface area (Å²) in [6.45, 7) is 0.504. The van der Waals surface area contributed by atoms with Crippen molar-refractivity contribution in [3.63, 3.8) is 0 Å². The lowest BCUT2D eigenvalue weighted by Gasteiger charge is -2.12. The molecule has 3 rings (SSSR count). The molecule has 2 heterocycles. The summed E-state index contributed by atoms with van der Waals surface area (Å²) >= 11 is 0. The molecule has 0 bridgehead atoms. The van der Waals surface area contributed by atoms with Crippen molar-refractivity contribution in [1.82, 2.24) is 15.2 Å². The molecule has 0 radical (unpaired) electrons. The van der Waals surface area contributed by atoms with E-state index in [0.717, 1.165) is 12.8 Å². The lowest BCUT2D eigenvalue weighted by molar-refractivity contribution is -0.119. The highest BCUT2D eigenvalue weighted by atomic mass is 16.2. The summed E-state index contributed by atoms with van der Waals surface area (Å²) in [5.74, 6) is -0.169. The van der Waals surface area contributed by atoms with E-state index in [0.29, 0.717) is 30.4 Å². The van der Waals surface area contributed by atoms with Gasteiger partial charge in [0.05, 0.1) is 11.7 Å². The summed E-state index contributed by atoms with van der Waals surface area (Å²) < 4.78 is 1.94. The molecule has 6 heteroatoms. The summed E-state index contributed by atoms with van der Waals surface area (Å²) in [5, 5.41) is 5.56. The minimum atomic E-state index is -0.153. The lowest BCUT2D eigenvalue weighted by Crippen LogP contribution is -2.37. The number of rotatable bonds is 3. The zero-order valence-electron chi connectivity index (χ0n) is 9.98. The van der Waals surface area contributed by atoms with Gasteiger partial charge in [0.1, 0.15) is 5.69 Å². The van der Waals surface area contributed by atoms with Crippen LogP contribution in [0.5, 0.6) is 0 Å². The monoisotopic (exact) mass is 248 g/mol. The van der Waals surface area contributed by atoms with Crippen molar-refractivity contribution in [1.29, 1.82) is 0 Å². The van der Waals surface area contributed by atoms with Crippen LogP contribution in [0.2, 0.25) is 0 Å². The number of amides is 2. The van der Waals surface area contributed by atoms with E-state index in [4.69, 9.17) is 5.73 Å². The summed E-state index contributed by atoms with van der Waals surface area (Å²) in [6, 6.07) is 1.98. The van der Waals surface area contributed by atoms with Gasteiger partial charge in [-0.3, -0.25) is 9.59 Å². The number of nitrogen functional groups attached to an aromatic ring is 1. The molecular weight excluding hydrogens is 232 g/mol. The van der Waals surface area contributed by atoms with Crippen LogP contribution in [0.3, 0.4) is 0 Å². The molecule has 0 aromatic carbocycles. The van der Waals surface area contributed by atoms with Crippen LogP contribution in [0.4, 0.5) is 5.69 Å². The van der Waals surface area contributed by atoms with Gasteiger partial charge in [-0.05, 0) is 18.9 Å². The highest BCUT2D eigenvalue weighted by Crippen LogP contribution is 2.37. The highest BCUT2D eigenvalue weighted by Gasteiger charge is 2.29. The number of nitrogens with two attached hydrogens (primary N) is 1. The first-order chi connectivity index (χ1) is 8.63. The number of hydrogen-bond donors (Lipinski definition) is 3. The van der Waals surface area contributed by atoms with Crippen molar-refractivity contribution >= 4 is 17.5 Å². The Balaban J connectivity index is 1.73. The minimum absolute atomic E-state index is 0.0163. The largest absolute Gasteiger partial charge is 0.397 e. The third-order valence-corrected chi connectivity index (χ3v) is 3.36. The maximum Gasteiger partial charge on any atom is 0.268 e. The maximum atomic E-state index is 12.1. The van der Waals surface area contributed by atoms with Crippen LogP contribution in [0.1, 0.15) is 35.8 Å². The fraction of sp³-hybridized carbons (Fsp3) is 0.500. The maximum absolute atomic E-state index is 12.1. The van der Waals surface area contributed by atoms with Gasteiger partial charge in [-0.15, -0.1) is 0 Å². The van der Waals surface area contributed by atoms with Crippen molar-refractivity contribution in [3.8, 4) is 0 Å². The second-order valence-electron chi connectivity index (χ2n) is 4.98. The Hall–Kier alpha value is -1.98. The zero-order valence-corrected chi connectivity index (χ0v) is 9.98. The first-order valence-corrected chi connectivity index (χ1v) is 6.18. The summed E-state index contributed by atoms with van der Waals surface area (Å²) in [6.07, 6.45) is 4.35. The topological polar surface area (TPSA) is 89.2 Å². The normalized spacial score (nSPS) is 22.9. The molecule has 1 aromatic rings. The number of nitrogens with zero attached hydrogens (tertiary/aromatic N) is 1. The molecular formula is C12H16N4O2. The van der Waals surface area contributed by atoms with Crippen LogP contribution in [0.25, 0.3) is 0 Å². The molecule has 1 atom stereocenters. The number of nitrogens with one attached hydrogen (secondary N) is 2. The van der Waals surface area contributed by atoms with E-state index in [1.807, 2.05) is 10.8 Å².